The number of carbonyl (C=O) groups is 1. The fourth-order valence-electron chi connectivity index (χ4n) is 2.54. The van der Waals surface area contributed by atoms with Gasteiger partial charge in [-0.2, -0.15) is 0 Å². The van der Waals surface area contributed by atoms with E-state index < -0.39 is 0 Å². The zero-order valence-electron chi connectivity index (χ0n) is 12.3. The summed E-state index contributed by atoms with van der Waals surface area (Å²) in [5.41, 5.74) is 2.89. The third-order valence-corrected chi connectivity index (χ3v) is 3.83. The van der Waals surface area contributed by atoms with Crippen LogP contribution in [0.15, 0.2) is 42.6 Å². The summed E-state index contributed by atoms with van der Waals surface area (Å²) in [5, 5.41) is 3.09. The Kier molecular flexibility index (Phi) is 3.60. The number of aromatic nitrogens is 1. The van der Waals surface area contributed by atoms with Crippen molar-refractivity contribution in [1.82, 2.24) is 10.3 Å². The number of carbonyl (C=O) groups excluding carboxylic acids is 1. The van der Waals surface area contributed by atoms with Crippen LogP contribution in [-0.2, 0) is 0 Å². The molecule has 0 bridgehead atoms. The summed E-state index contributed by atoms with van der Waals surface area (Å²) in [6, 6.07) is 12.0. The summed E-state index contributed by atoms with van der Waals surface area (Å²) >= 11 is 0. The smallest absolute Gasteiger partial charge is 0.251 e. The topological polar surface area (TPSA) is 45.2 Å². The Morgan fingerprint density at radius 1 is 1.24 bits per heavy atom. The number of pyridine rings is 1. The molecular weight excluding hydrogens is 262 g/mol. The zero-order valence-corrected chi connectivity index (χ0v) is 12.3. The van der Waals surface area contributed by atoms with Crippen molar-refractivity contribution < 1.29 is 4.79 Å². The van der Waals surface area contributed by atoms with Crippen molar-refractivity contribution in [1.29, 1.82) is 0 Å². The standard InChI is InChI=1S/C17H19N3O/c1-12-6-7-13(2)15(9-12)17(21)19-14-10-20(11-14)16-5-3-4-8-18-16/h3-9,14H,10-11H2,1-2H3,(H,19,21). The van der Waals surface area contributed by atoms with Gasteiger partial charge in [0.25, 0.3) is 5.91 Å². The van der Waals surface area contributed by atoms with Crippen molar-refractivity contribution in [2.45, 2.75) is 19.9 Å². The molecule has 1 aromatic carbocycles. The summed E-state index contributed by atoms with van der Waals surface area (Å²) in [5.74, 6) is 0.983. The van der Waals surface area contributed by atoms with E-state index in [0.717, 1.165) is 35.6 Å². The highest BCUT2D eigenvalue weighted by molar-refractivity contribution is 5.96. The van der Waals surface area contributed by atoms with Gasteiger partial charge in [0.2, 0.25) is 0 Å². The van der Waals surface area contributed by atoms with Crippen molar-refractivity contribution in [3.05, 3.63) is 59.3 Å². The van der Waals surface area contributed by atoms with Crippen LogP contribution in [0.1, 0.15) is 21.5 Å². The van der Waals surface area contributed by atoms with Gasteiger partial charge in [-0.1, -0.05) is 23.8 Å². The second-order valence-corrected chi connectivity index (χ2v) is 5.58. The van der Waals surface area contributed by atoms with Gasteiger partial charge in [0.05, 0.1) is 6.04 Å². The third-order valence-electron chi connectivity index (χ3n) is 3.83. The SMILES string of the molecule is Cc1ccc(C)c(C(=O)NC2CN(c3ccccn3)C2)c1. The first kappa shape index (κ1) is 13.6. The molecule has 4 nitrogen and oxygen atoms in total. The van der Waals surface area contributed by atoms with E-state index >= 15 is 0 Å². The van der Waals surface area contributed by atoms with Gasteiger partial charge in [0, 0.05) is 24.8 Å². The molecule has 2 heterocycles. The first-order valence-electron chi connectivity index (χ1n) is 7.17. The number of hydrogen-bond acceptors (Lipinski definition) is 3. The second kappa shape index (κ2) is 5.56. The van der Waals surface area contributed by atoms with E-state index in [-0.39, 0.29) is 11.9 Å². The minimum absolute atomic E-state index is 0.0156. The van der Waals surface area contributed by atoms with Crippen LogP contribution in [0.5, 0.6) is 0 Å². The maximum Gasteiger partial charge on any atom is 0.251 e. The molecule has 1 fully saturated rings. The average Bonchev–Trinajstić information content (AvgIpc) is 2.45. The van der Waals surface area contributed by atoms with E-state index in [0.29, 0.717) is 0 Å². The number of benzene rings is 1. The van der Waals surface area contributed by atoms with E-state index in [9.17, 15) is 4.79 Å². The van der Waals surface area contributed by atoms with E-state index in [1.165, 1.54) is 0 Å². The normalized spacial score (nSPS) is 14.7. The largest absolute Gasteiger partial charge is 0.352 e. The summed E-state index contributed by atoms with van der Waals surface area (Å²) in [6.45, 7) is 5.60. The highest BCUT2D eigenvalue weighted by atomic mass is 16.1. The quantitative estimate of drug-likeness (QED) is 0.939. The summed E-state index contributed by atoms with van der Waals surface area (Å²) < 4.78 is 0. The van der Waals surface area contributed by atoms with Gasteiger partial charge in [-0.25, -0.2) is 4.98 Å². The number of nitrogens with zero attached hydrogens (tertiary/aromatic N) is 2. The molecule has 1 N–H and O–H groups in total. The van der Waals surface area contributed by atoms with Crippen molar-refractivity contribution >= 4 is 11.7 Å². The van der Waals surface area contributed by atoms with Crippen LogP contribution in [0.25, 0.3) is 0 Å². The van der Waals surface area contributed by atoms with E-state index in [1.54, 1.807) is 6.20 Å². The van der Waals surface area contributed by atoms with E-state index in [2.05, 4.69) is 15.2 Å². The van der Waals surface area contributed by atoms with Crippen LogP contribution in [0.2, 0.25) is 0 Å². The molecule has 0 spiro atoms. The second-order valence-electron chi connectivity index (χ2n) is 5.58. The fourth-order valence-corrected chi connectivity index (χ4v) is 2.54. The van der Waals surface area contributed by atoms with Gasteiger partial charge < -0.3 is 10.2 Å². The van der Waals surface area contributed by atoms with Crippen molar-refractivity contribution in [2.75, 3.05) is 18.0 Å². The fraction of sp³-hybridized carbons (Fsp3) is 0.294. The number of aryl methyl sites for hydroxylation is 2. The Hall–Kier alpha value is -2.36. The molecule has 4 heteroatoms. The lowest BCUT2D eigenvalue weighted by molar-refractivity contribution is 0.0929. The molecule has 2 aromatic rings. The van der Waals surface area contributed by atoms with Crippen LogP contribution < -0.4 is 10.2 Å². The number of hydrogen-bond donors (Lipinski definition) is 1. The lowest BCUT2D eigenvalue weighted by atomic mass is 10.0. The molecule has 1 aromatic heterocycles. The molecule has 21 heavy (non-hydrogen) atoms. The summed E-state index contributed by atoms with van der Waals surface area (Å²) in [4.78, 5) is 18.8. The van der Waals surface area contributed by atoms with E-state index in [1.807, 2.05) is 50.2 Å². The van der Waals surface area contributed by atoms with Crippen molar-refractivity contribution in [3.8, 4) is 0 Å². The van der Waals surface area contributed by atoms with Crippen molar-refractivity contribution in [3.63, 3.8) is 0 Å². The Labute approximate surface area is 124 Å². The highest BCUT2D eigenvalue weighted by Gasteiger charge is 2.29. The molecular formula is C17H19N3O. The molecule has 1 saturated heterocycles. The minimum atomic E-state index is 0.0156. The molecule has 108 valence electrons. The number of amides is 1. The number of anilines is 1. The first-order valence-corrected chi connectivity index (χ1v) is 7.17. The Morgan fingerprint density at radius 3 is 2.76 bits per heavy atom. The molecule has 0 unspecified atom stereocenters. The van der Waals surface area contributed by atoms with E-state index in [4.69, 9.17) is 0 Å². The van der Waals surface area contributed by atoms with Crippen LogP contribution >= 0.6 is 0 Å². The maximum atomic E-state index is 12.3. The zero-order chi connectivity index (χ0) is 14.8. The van der Waals surface area contributed by atoms with Gasteiger partial charge in [0.15, 0.2) is 0 Å². The molecule has 3 rings (SSSR count). The van der Waals surface area contributed by atoms with Gasteiger partial charge in [-0.15, -0.1) is 0 Å². The molecule has 1 amide bonds. The summed E-state index contributed by atoms with van der Waals surface area (Å²) in [6.07, 6.45) is 1.79. The van der Waals surface area contributed by atoms with Crippen LogP contribution in [0.3, 0.4) is 0 Å². The lowest BCUT2D eigenvalue weighted by Gasteiger charge is -2.40. The molecule has 0 aliphatic carbocycles. The third kappa shape index (κ3) is 2.89. The number of nitrogens with one attached hydrogen (secondary N) is 1. The molecule has 0 saturated carbocycles. The maximum absolute atomic E-state index is 12.3. The van der Waals surface area contributed by atoms with Crippen LogP contribution in [0.4, 0.5) is 5.82 Å². The molecule has 0 radical (unpaired) electrons. The average molecular weight is 281 g/mol. The first-order chi connectivity index (χ1) is 10.1. The predicted molar refractivity (Wildman–Crippen MR) is 83.6 cm³/mol. The lowest BCUT2D eigenvalue weighted by Crippen LogP contribution is -2.59. The van der Waals surface area contributed by atoms with Gasteiger partial charge in [-0.3, -0.25) is 4.79 Å². The van der Waals surface area contributed by atoms with Gasteiger partial charge >= 0.3 is 0 Å². The monoisotopic (exact) mass is 281 g/mol. The molecule has 1 aliphatic heterocycles. The number of rotatable bonds is 3. The Balaban J connectivity index is 1.59. The Bertz CT molecular complexity index is 648. The molecule has 0 atom stereocenters. The summed E-state index contributed by atoms with van der Waals surface area (Å²) in [7, 11) is 0. The predicted octanol–water partition coefficient (Wildman–Crippen LogP) is 2.32. The van der Waals surface area contributed by atoms with Crippen molar-refractivity contribution in [2.24, 2.45) is 0 Å². The Morgan fingerprint density at radius 2 is 2.05 bits per heavy atom. The van der Waals surface area contributed by atoms with Crippen LogP contribution in [-0.4, -0.2) is 30.0 Å². The van der Waals surface area contributed by atoms with Gasteiger partial charge in [-0.05, 0) is 37.6 Å². The highest BCUT2D eigenvalue weighted by Crippen LogP contribution is 2.18. The van der Waals surface area contributed by atoms with Gasteiger partial charge in [0.1, 0.15) is 5.82 Å². The molecule has 1 aliphatic rings. The minimum Gasteiger partial charge on any atom is -0.352 e. The van der Waals surface area contributed by atoms with Crippen LogP contribution in [0, 0.1) is 13.8 Å².